The predicted molar refractivity (Wildman–Crippen MR) is 60.7 cm³/mol. The van der Waals surface area contributed by atoms with Gasteiger partial charge in [-0.1, -0.05) is 0 Å². The first-order valence-corrected chi connectivity index (χ1v) is 5.97. The molecule has 0 aliphatic carbocycles. The first-order valence-electron chi connectivity index (χ1n) is 5.97. The number of nitrogens with zero attached hydrogens (tertiary/aromatic N) is 2. The van der Waals surface area contributed by atoms with Gasteiger partial charge in [0.15, 0.2) is 0 Å². The quantitative estimate of drug-likeness (QED) is 0.662. The van der Waals surface area contributed by atoms with Crippen LogP contribution in [-0.2, 0) is 0 Å². The number of aliphatic hydroxyl groups is 1. The van der Waals surface area contributed by atoms with Gasteiger partial charge >= 0.3 is 0 Å². The minimum Gasteiger partial charge on any atom is -0.394 e. The number of nitrogens with two attached hydrogens (primary N) is 1. The third kappa shape index (κ3) is 2.69. The Kier molecular flexibility index (Phi) is 3.30. The highest BCUT2D eigenvalue weighted by Crippen LogP contribution is 2.21. The van der Waals surface area contributed by atoms with Crippen molar-refractivity contribution in [2.24, 2.45) is 5.73 Å². The van der Waals surface area contributed by atoms with Gasteiger partial charge in [-0.15, -0.1) is 0 Å². The van der Waals surface area contributed by atoms with E-state index in [1.54, 1.807) is 0 Å². The van der Waals surface area contributed by atoms with Crippen molar-refractivity contribution >= 4 is 0 Å². The van der Waals surface area contributed by atoms with Gasteiger partial charge in [-0.2, -0.15) is 0 Å². The van der Waals surface area contributed by atoms with Crippen LogP contribution in [-0.4, -0.2) is 65.8 Å². The molecule has 2 unspecified atom stereocenters. The largest absolute Gasteiger partial charge is 0.394 e. The number of rotatable bonds is 3. The highest BCUT2D eigenvalue weighted by atomic mass is 16.3. The van der Waals surface area contributed by atoms with E-state index in [0.29, 0.717) is 0 Å². The SMILES string of the molecule is CC(N)(CO)CN1CCN2CCCC2C1. The van der Waals surface area contributed by atoms with Crippen molar-refractivity contribution in [3.63, 3.8) is 0 Å². The summed E-state index contributed by atoms with van der Waals surface area (Å²) in [7, 11) is 0. The maximum atomic E-state index is 9.15. The zero-order valence-electron chi connectivity index (χ0n) is 9.65. The summed E-state index contributed by atoms with van der Waals surface area (Å²) in [5.41, 5.74) is 5.54. The summed E-state index contributed by atoms with van der Waals surface area (Å²) in [6, 6.07) is 0.744. The molecular weight excluding hydrogens is 190 g/mol. The van der Waals surface area contributed by atoms with Gasteiger partial charge in [0.05, 0.1) is 6.61 Å². The highest BCUT2D eigenvalue weighted by molar-refractivity contribution is 4.90. The third-order valence-electron chi connectivity index (χ3n) is 3.62. The van der Waals surface area contributed by atoms with Crippen molar-refractivity contribution in [1.29, 1.82) is 0 Å². The Hall–Kier alpha value is -0.160. The average molecular weight is 213 g/mol. The van der Waals surface area contributed by atoms with Crippen LogP contribution in [0.5, 0.6) is 0 Å². The molecule has 2 aliphatic rings. The van der Waals surface area contributed by atoms with E-state index in [-0.39, 0.29) is 6.61 Å². The zero-order chi connectivity index (χ0) is 10.9. The van der Waals surface area contributed by atoms with Crippen molar-refractivity contribution in [3.05, 3.63) is 0 Å². The minimum atomic E-state index is -0.444. The van der Waals surface area contributed by atoms with Crippen molar-refractivity contribution in [1.82, 2.24) is 9.80 Å². The number of hydrogen-bond acceptors (Lipinski definition) is 4. The summed E-state index contributed by atoms with van der Waals surface area (Å²) in [4.78, 5) is 4.99. The van der Waals surface area contributed by atoms with Gasteiger partial charge < -0.3 is 10.8 Å². The second kappa shape index (κ2) is 4.37. The molecule has 0 bridgehead atoms. The summed E-state index contributed by atoms with van der Waals surface area (Å²) in [6.07, 6.45) is 2.68. The summed E-state index contributed by atoms with van der Waals surface area (Å²) in [5.74, 6) is 0. The van der Waals surface area contributed by atoms with Gasteiger partial charge in [0.25, 0.3) is 0 Å². The van der Waals surface area contributed by atoms with E-state index >= 15 is 0 Å². The van der Waals surface area contributed by atoms with E-state index in [2.05, 4.69) is 9.80 Å². The third-order valence-corrected chi connectivity index (χ3v) is 3.62. The zero-order valence-corrected chi connectivity index (χ0v) is 9.65. The molecule has 4 heteroatoms. The first kappa shape index (κ1) is 11.3. The Morgan fingerprint density at radius 1 is 1.40 bits per heavy atom. The van der Waals surface area contributed by atoms with E-state index in [1.165, 1.54) is 25.9 Å². The van der Waals surface area contributed by atoms with E-state index < -0.39 is 5.54 Å². The van der Waals surface area contributed by atoms with Crippen LogP contribution in [0.3, 0.4) is 0 Å². The lowest BCUT2D eigenvalue weighted by Crippen LogP contribution is -2.57. The molecule has 0 aromatic heterocycles. The molecule has 0 aromatic carbocycles. The molecular formula is C11H23N3O. The second-order valence-corrected chi connectivity index (χ2v) is 5.38. The standard InChI is InChI=1S/C11H23N3O/c1-11(12,9-15)8-13-5-6-14-4-2-3-10(14)7-13/h10,15H,2-9,12H2,1H3. The molecule has 0 amide bonds. The predicted octanol–water partition coefficient (Wildman–Crippen LogP) is -0.524. The molecule has 0 spiro atoms. The lowest BCUT2D eigenvalue weighted by molar-refractivity contribution is 0.0737. The Balaban J connectivity index is 1.85. The van der Waals surface area contributed by atoms with Gasteiger partial charge in [0, 0.05) is 37.8 Å². The topological polar surface area (TPSA) is 52.7 Å². The normalized spacial score (nSPS) is 32.6. The van der Waals surface area contributed by atoms with E-state index in [9.17, 15) is 0 Å². The molecule has 2 rings (SSSR count). The summed E-state index contributed by atoms with van der Waals surface area (Å²) >= 11 is 0. The molecule has 0 radical (unpaired) electrons. The maximum Gasteiger partial charge on any atom is 0.0621 e. The molecule has 2 atom stereocenters. The van der Waals surface area contributed by atoms with Gasteiger partial charge in [-0.05, 0) is 26.3 Å². The molecule has 2 fully saturated rings. The fourth-order valence-corrected chi connectivity index (χ4v) is 2.76. The first-order chi connectivity index (χ1) is 7.11. The maximum absolute atomic E-state index is 9.15. The molecule has 2 heterocycles. The molecule has 15 heavy (non-hydrogen) atoms. The summed E-state index contributed by atoms with van der Waals surface area (Å²) in [5, 5.41) is 9.15. The summed E-state index contributed by atoms with van der Waals surface area (Å²) < 4.78 is 0. The Labute approximate surface area is 92.0 Å². The minimum absolute atomic E-state index is 0.0673. The van der Waals surface area contributed by atoms with Crippen LogP contribution in [0, 0.1) is 0 Å². The second-order valence-electron chi connectivity index (χ2n) is 5.38. The van der Waals surface area contributed by atoms with Crippen molar-refractivity contribution in [3.8, 4) is 0 Å². The van der Waals surface area contributed by atoms with Crippen LogP contribution >= 0.6 is 0 Å². The Morgan fingerprint density at radius 2 is 2.20 bits per heavy atom. The monoisotopic (exact) mass is 213 g/mol. The Morgan fingerprint density at radius 3 is 2.93 bits per heavy atom. The fourth-order valence-electron chi connectivity index (χ4n) is 2.76. The molecule has 4 nitrogen and oxygen atoms in total. The summed E-state index contributed by atoms with van der Waals surface area (Å²) in [6.45, 7) is 7.49. The molecule has 0 saturated carbocycles. The van der Waals surface area contributed by atoms with Crippen LogP contribution < -0.4 is 5.73 Å². The van der Waals surface area contributed by atoms with Crippen LogP contribution in [0.15, 0.2) is 0 Å². The van der Waals surface area contributed by atoms with Gasteiger partial charge in [-0.3, -0.25) is 9.80 Å². The number of fused-ring (bicyclic) bond motifs is 1. The molecule has 2 aliphatic heterocycles. The van der Waals surface area contributed by atoms with Crippen LogP contribution in [0.2, 0.25) is 0 Å². The molecule has 0 aromatic rings. The van der Waals surface area contributed by atoms with Crippen LogP contribution in [0.1, 0.15) is 19.8 Å². The fraction of sp³-hybridized carbons (Fsp3) is 1.00. The van der Waals surface area contributed by atoms with Gasteiger partial charge in [0.2, 0.25) is 0 Å². The number of piperazine rings is 1. The Bertz CT molecular complexity index is 220. The molecule has 2 saturated heterocycles. The smallest absolute Gasteiger partial charge is 0.0621 e. The van der Waals surface area contributed by atoms with Gasteiger partial charge in [-0.25, -0.2) is 0 Å². The van der Waals surface area contributed by atoms with Crippen molar-refractivity contribution in [2.45, 2.75) is 31.3 Å². The van der Waals surface area contributed by atoms with E-state index in [4.69, 9.17) is 10.8 Å². The lowest BCUT2D eigenvalue weighted by atomic mass is 10.0. The molecule has 88 valence electrons. The van der Waals surface area contributed by atoms with Crippen molar-refractivity contribution in [2.75, 3.05) is 39.3 Å². The average Bonchev–Trinajstić information content (AvgIpc) is 2.64. The van der Waals surface area contributed by atoms with E-state index in [1.807, 2.05) is 6.92 Å². The number of aliphatic hydroxyl groups excluding tert-OH is 1. The van der Waals surface area contributed by atoms with Crippen LogP contribution in [0.25, 0.3) is 0 Å². The molecule has 3 N–H and O–H groups in total. The highest BCUT2D eigenvalue weighted by Gasteiger charge is 2.32. The van der Waals surface area contributed by atoms with Crippen LogP contribution in [0.4, 0.5) is 0 Å². The number of hydrogen-bond donors (Lipinski definition) is 2. The lowest BCUT2D eigenvalue weighted by Gasteiger charge is -2.40. The van der Waals surface area contributed by atoms with Gasteiger partial charge in [0.1, 0.15) is 0 Å². The van der Waals surface area contributed by atoms with Crippen molar-refractivity contribution < 1.29 is 5.11 Å². The van der Waals surface area contributed by atoms with E-state index in [0.717, 1.165) is 25.7 Å².